The number of fused-ring (bicyclic) bond motifs is 1. The van der Waals surface area contributed by atoms with Crippen LogP contribution < -0.4 is 0 Å². The molecule has 1 amide bonds. The molecule has 3 aromatic rings. The van der Waals surface area contributed by atoms with E-state index in [0.29, 0.717) is 30.1 Å². The molecule has 0 spiro atoms. The van der Waals surface area contributed by atoms with Gasteiger partial charge in [-0.25, -0.2) is 4.98 Å². The number of aryl methyl sites for hydroxylation is 2. The van der Waals surface area contributed by atoms with Crippen LogP contribution in [0.2, 0.25) is 0 Å². The van der Waals surface area contributed by atoms with Crippen molar-refractivity contribution in [3.05, 3.63) is 75.2 Å². The Kier molecular flexibility index (Phi) is 6.91. The number of rotatable bonds is 7. The van der Waals surface area contributed by atoms with E-state index in [-0.39, 0.29) is 11.3 Å². The minimum atomic E-state index is -0.696. The van der Waals surface area contributed by atoms with Crippen LogP contribution in [0.25, 0.3) is 11.4 Å². The van der Waals surface area contributed by atoms with Gasteiger partial charge in [0.25, 0.3) is 11.7 Å². The number of aliphatic hydroxyl groups is 1. The van der Waals surface area contributed by atoms with Gasteiger partial charge in [0, 0.05) is 23.8 Å². The van der Waals surface area contributed by atoms with Crippen LogP contribution in [0.15, 0.2) is 52.6 Å². The van der Waals surface area contributed by atoms with Crippen LogP contribution in [0.4, 0.5) is 0 Å². The van der Waals surface area contributed by atoms with E-state index in [1.165, 1.54) is 0 Å². The predicted molar refractivity (Wildman–Crippen MR) is 136 cm³/mol. The van der Waals surface area contributed by atoms with E-state index >= 15 is 0 Å². The molecule has 1 atom stereocenters. The van der Waals surface area contributed by atoms with Gasteiger partial charge < -0.3 is 19.3 Å². The zero-order valence-electron chi connectivity index (χ0n) is 19.9. The van der Waals surface area contributed by atoms with Gasteiger partial charge in [0.15, 0.2) is 5.76 Å². The molecule has 8 heteroatoms. The first-order valence-corrected chi connectivity index (χ1v) is 12.3. The molecule has 1 aliphatic heterocycles. The number of hydrogen-bond acceptors (Lipinski definition) is 5. The van der Waals surface area contributed by atoms with E-state index in [2.05, 4.69) is 39.7 Å². The summed E-state index contributed by atoms with van der Waals surface area (Å²) in [5.41, 5.74) is 3.51. The summed E-state index contributed by atoms with van der Waals surface area (Å²) in [6.07, 6.45) is 1.87. The van der Waals surface area contributed by atoms with Crippen molar-refractivity contribution in [1.29, 1.82) is 0 Å². The Morgan fingerprint density at radius 2 is 1.88 bits per heavy atom. The SMILES string of the molecule is CCN(CC)CCN1C(=O)C(=O)C(=C(O)c2nc3c(C)cccn3c2C)C1c1cccc(Br)c1. The maximum atomic E-state index is 13.3. The summed E-state index contributed by atoms with van der Waals surface area (Å²) in [7, 11) is 0. The van der Waals surface area contributed by atoms with E-state index in [4.69, 9.17) is 0 Å². The van der Waals surface area contributed by atoms with Crippen molar-refractivity contribution in [2.75, 3.05) is 26.2 Å². The van der Waals surface area contributed by atoms with Gasteiger partial charge in [0.2, 0.25) is 0 Å². The largest absolute Gasteiger partial charge is 0.505 e. The van der Waals surface area contributed by atoms with Crippen molar-refractivity contribution in [1.82, 2.24) is 19.2 Å². The number of benzene rings is 1. The van der Waals surface area contributed by atoms with E-state index in [1.54, 1.807) is 4.90 Å². The van der Waals surface area contributed by atoms with Crippen molar-refractivity contribution in [2.24, 2.45) is 0 Å². The molecule has 0 bridgehead atoms. The zero-order valence-corrected chi connectivity index (χ0v) is 21.5. The van der Waals surface area contributed by atoms with Crippen LogP contribution in [0.3, 0.4) is 0 Å². The highest BCUT2D eigenvalue weighted by Gasteiger charge is 2.46. The minimum Gasteiger partial charge on any atom is -0.505 e. The van der Waals surface area contributed by atoms with Gasteiger partial charge in [-0.2, -0.15) is 0 Å². The molecule has 0 saturated carbocycles. The van der Waals surface area contributed by atoms with E-state index in [1.807, 2.05) is 60.8 Å². The Bertz CT molecular complexity index is 1290. The summed E-state index contributed by atoms with van der Waals surface area (Å²) in [4.78, 5) is 34.9. The lowest BCUT2D eigenvalue weighted by Crippen LogP contribution is -2.38. The average Bonchev–Trinajstić information content (AvgIpc) is 3.29. The van der Waals surface area contributed by atoms with E-state index in [0.717, 1.165) is 28.7 Å². The van der Waals surface area contributed by atoms with E-state index < -0.39 is 17.7 Å². The van der Waals surface area contributed by atoms with Gasteiger partial charge in [0.05, 0.1) is 17.3 Å². The Morgan fingerprint density at radius 3 is 2.53 bits per heavy atom. The third-order valence-corrected chi connectivity index (χ3v) is 7.06. The number of carbonyl (C=O) groups excluding carboxylic acids is 2. The van der Waals surface area contributed by atoms with Gasteiger partial charge in [-0.05, 0) is 56.3 Å². The normalized spacial score (nSPS) is 17.9. The summed E-state index contributed by atoms with van der Waals surface area (Å²) < 4.78 is 2.72. The molecule has 1 fully saturated rings. The number of likely N-dealkylation sites (N-methyl/N-ethyl adjacent to an activating group) is 1. The molecule has 3 heterocycles. The van der Waals surface area contributed by atoms with Gasteiger partial charge in [-0.3, -0.25) is 9.59 Å². The lowest BCUT2D eigenvalue weighted by molar-refractivity contribution is -0.140. The molecule has 2 aromatic heterocycles. The molecule has 1 unspecified atom stereocenters. The standard InChI is InChI=1S/C26H29BrN4O3/c1-5-29(6-2)13-14-31-22(18-10-7-11-19(27)15-18)20(24(33)26(31)34)23(32)21-17(4)30-12-8-9-16(3)25(30)28-21/h7-12,15,22,32H,5-6,13-14H2,1-4H3. The number of Topliss-reactive ketones (excluding diaryl/α,β-unsaturated/α-hetero) is 1. The molecule has 34 heavy (non-hydrogen) atoms. The van der Waals surface area contributed by atoms with Crippen molar-refractivity contribution in [3.8, 4) is 0 Å². The number of aromatic nitrogens is 2. The Labute approximate surface area is 207 Å². The highest BCUT2D eigenvalue weighted by molar-refractivity contribution is 9.10. The van der Waals surface area contributed by atoms with E-state index in [9.17, 15) is 14.7 Å². The Morgan fingerprint density at radius 1 is 1.15 bits per heavy atom. The third kappa shape index (κ3) is 4.16. The maximum absolute atomic E-state index is 13.3. The zero-order chi connectivity index (χ0) is 24.6. The van der Waals surface area contributed by atoms with Crippen molar-refractivity contribution >= 4 is 39.0 Å². The van der Waals surface area contributed by atoms with Crippen LogP contribution >= 0.6 is 15.9 Å². The first-order chi connectivity index (χ1) is 16.3. The number of imidazole rings is 1. The molecule has 1 saturated heterocycles. The fraction of sp³-hybridized carbons (Fsp3) is 0.346. The Hall–Kier alpha value is -2.97. The van der Waals surface area contributed by atoms with Crippen LogP contribution in [0.1, 0.15) is 42.4 Å². The molecule has 1 aliphatic rings. The number of amides is 1. The molecule has 1 N–H and O–H groups in total. The second-order valence-corrected chi connectivity index (χ2v) is 9.42. The van der Waals surface area contributed by atoms with Crippen molar-refractivity contribution in [3.63, 3.8) is 0 Å². The quantitative estimate of drug-likeness (QED) is 0.280. The summed E-state index contributed by atoms with van der Waals surface area (Å²) in [5, 5.41) is 11.5. The number of nitrogens with zero attached hydrogens (tertiary/aromatic N) is 4. The number of ketones is 1. The topological polar surface area (TPSA) is 78.2 Å². The lowest BCUT2D eigenvalue weighted by atomic mass is 9.96. The summed E-state index contributed by atoms with van der Waals surface area (Å²) >= 11 is 3.50. The molecule has 178 valence electrons. The second kappa shape index (κ2) is 9.72. The molecular weight excluding hydrogens is 496 g/mol. The molecule has 0 aliphatic carbocycles. The smallest absolute Gasteiger partial charge is 0.295 e. The van der Waals surface area contributed by atoms with Gasteiger partial charge >= 0.3 is 0 Å². The highest BCUT2D eigenvalue weighted by atomic mass is 79.9. The van der Waals surface area contributed by atoms with Crippen LogP contribution in [0.5, 0.6) is 0 Å². The van der Waals surface area contributed by atoms with Gasteiger partial charge in [-0.1, -0.05) is 48.0 Å². The molecular formula is C26H29BrN4O3. The highest BCUT2D eigenvalue weighted by Crippen LogP contribution is 2.40. The molecule has 4 rings (SSSR count). The van der Waals surface area contributed by atoms with Gasteiger partial charge in [0.1, 0.15) is 11.3 Å². The number of carbonyl (C=O) groups is 2. The summed E-state index contributed by atoms with van der Waals surface area (Å²) in [5.74, 6) is -1.53. The van der Waals surface area contributed by atoms with Crippen molar-refractivity contribution in [2.45, 2.75) is 33.7 Å². The predicted octanol–water partition coefficient (Wildman–Crippen LogP) is 4.48. The number of likely N-dealkylation sites (tertiary alicyclic amines) is 1. The molecule has 0 radical (unpaired) electrons. The molecule has 1 aromatic carbocycles. The minimum absolute atomic E-state index is 0.0757. The lowest BCUT2D eigenvalue weighted by Gasteiger charge is -2.28. The fourth-order valence-corrected chi connectivity index (χ4v) is 5.01. The van der Waals surface area contributed by atoms with Crippen LogP contribution in [0, 0.1) is 13.8 Å². The van der Waals surface area contributed by atoms with Crippen molar-refractivity contribution < 1.29 is 14.7 Å². The maximum Gasteiger partial charge on any atom is 0.295 e. The number of pyridine rings is 1. The summed E-state index contributed by atoms with van der Waals surface area (Å²) in [6.45, 7) is 10.6. The molecule has 7 nitrogen and oxygen atoms in total. The van der Waals surface area contributed by atoms with Gasteiger partial charge in [-0.15, -0.1) is 0 Å². The summed E-state index contributed by atoms with van der Waals surface area (Å²) in [6, 6.07) is 10.7. The number of aliphatic hydroxyl groups excluding tert-OH is 1. The number of halogens is 1. The second-order valence-electron chi connectivity index (χ2n) is 8.51. The van der Waals surface area contributed by atoms with Crippen LogP contribution in [-0.2, 0) is 9.59 Å². The number of hydrogen-bond donors (Lipinski definition) is 1. The van der Waals surface area contributed by atoms with Crippen LogP contribution in [-0.4, -0.2) is 62.2 Å². The first kappa shape index (κ1) is 24.2. The third-order valence-electron chi connectivity index (χ3n) is 6.56. The first-order valence-electron chi connectivity index (χ1n) is 11.5. The average molecular weight is 525 g/mol. The monoisotopic (exact) mass is 524 g/mol. The fourth-order valence-electron chi connectivity index (χ4n) is 4.60. The Balaban J connectivity index is 1.88.